The largest absolute Gasteiger partial charge is 0.355 e. The molecule has 0 saturated heterocycles. The molecule has 1 heterocycles. The summed E-state index contributed by atoms with van der Waals surface area (Å²) < 4.78 is 1.66. The third-order valence-electron chi connectivity index (χ3n) is 4.69. The fourth-order valence-corrected chi connectivity index (χ4v) is 3.95. The number of nitrogens with zero attached hydrogens (tertiary/aromatic N) is 2. The van der Waals surface area contributed by atoms with Crippen LogP contribution in [0.2, 0.25) is 0 Å². The third-order valence-corrected chi connectivity index (χ3v) is 5.67. The van der Waals surface area contributed by atoms with Gasteiger partial charge in [0.25, 0.3) is 5.56 Å². The van der Waals surface area contributed by atoms with Crippen molar-refractivity contribution in [3.63, 3.8) is 0 Å². The first-order chi connectivity index (χ1) is 14.2. The molecule has 152 valence electrons. The Labute approximate surface area is 175 Å². The Morgan fingerprint density at radius 2 is 1.79 bits per heavy atom. The molecular formula is C23H27N3O2S. The van der Waals surface area contributed by atoms with E-state index in [-0.39, 0.29) is 17.2 Å². The van der Waals surface area contributed by atoms with Gasteiger partial charge >= 0.3 is 0 Å². The molecule has 1 N–H and O–H groups in total. The van der Waals surface area contributed by atoms with Crippen LogP contribution in [-0.2, 0) is 11.3 Å². The van der Waals surface area contributed by atoms with E-state index in [4.69, 9.17) is 0 Å². The minimum atomic E-state index is -0.0815. The minimum Gasteiger partial charge on any atom is -0.355 e. The van der Waals surface area contributed by atoms with Crippen LogP contribution in [0.4, 0.5) is 0 Å². The van der Waals surface area contributed by atoms with Gasteiger partial charge < -0.3 is 5.32 Å². The summed E-state index contributed by atoms with van der Waals surface area (Å²) in [5, 5.41) is 4.12. The molecule has 1 aromatic heterocycles. The van der Waals surface area contributed by atoms with Crippen molar-refractivity contribution >= 4 is 28.6 Å². The lowest BCUT2D eigenvalue weighted by Crippen LogP contribution is -2.28. The molecule has 1 amide bonds. The molecule has 0 aliphatic heterocycles. The lowest BCUT2D eigenvalue weighted by Gasteiger charge is -2.13. The van der Waals surface area contributed by atoms with Crippen LogP contribution in [0.15, 0.2) is 64.5 Å². The number of benzene rings is 2. The van der Waals surface area contributed by atoms with Crippen LogP contribution in [0, 0.1) is 0 Å². The lowest BCUT2D eigenvalue weighted by molar-refractivity contribution is -0.118. The van der Waals surface area contributed by atoms with Crippen molar-refractivity contribution in [2.75, 3.05) is 12.3 Å². The van der Waals surface area contributed by atoms with Gasteiger partial charge in [0.15, 0.2) is 5.16 Å². The molecular weight excluding hydrogens is 382 g/mol. The summed E-state index contributed by atoms with van der Waals surface area (Å²) in [6.45, 7) is 3.29. The quantitative estimate of drug-likeness (QED) is 0.309. The first-order valence-electron chi connectivity index (χ1n) is 10.1. The molecule has 0 radical (unpaired) electrons. The van der Waals surface area contributed by atoms with Crippen molar-refractivity contribution in [1.29, 1.82) is 0 Å². The molecule has 0 aliphatic rings. The number of thioether (sulfide) groups is 1. The Kier molecular flexibility index (Phi) is 7.87. The highest BCUT2D eigenvalue weighted by Crippen LogP contribution is 2.19. The monoisotopic (exact) mass is 409 g/mol. The maximum atomic E-state index is 13.1. The zero-order valence-electron chi connectivity index (χ0n) is 16.8. The summed E-state index contributed by atoms with van der Waals surface area (Å²) in [6.07, 6.45) is 4.50. The van der Waals surface area contributed by atoms with Gasteiger partial charge in [0.05, 0.1) is 23.2 Å². The van der Waals surface area contributed by atoms with Crippen LogP contribution in [-0.4, -0.2) is 27.8 Å². The second-order valence-corrected chi connectivity index (χ2v) is 7.93. The highest BCUT2D eigenvalue weighted by atomic mass is 32.2. The second kappa shape index (κ2) is 10.8. The Bertz CT molecular complexity index is 1000. The zero-order valence-corrected chi connectivity index (χ0v) is 17.6. The molecule has 0 fully saturated rings. The number of carbonyl (C=O) groups excluding carboxylic acids is 1. The Morgan fingerprint density at radius 3 is 2.59 bits per heavy atom. The number of fused-ring (bicyclic) bond motifs is 1. The molecule has 3 rings (SSSR count). The van der Waals surface area contributed by atoms with Gasteiger partial charge in [0.1, 0.15) is 0 Å². The van der Waals surface area contributed by atoms with Crippen molar-refractivity contribution in [3.8, 4) is 0 Å². The molecule has 0 bridgehead atoms. The molecule has 0 atom stereocenters. The first-order valence-corrected chi connectivity index (χ1v) is 11.1. The Balaban J connectivity index is 1.76. The minimum absolute atomic E-state index is 0.0276. The Hall–Kier alpha value is -2.60. The topological polar surface area (TPSA) is 64.0 Å². The fourth-order valence-electron chi connectivity index (χ4n) is 3.12. The van der Waals surface area contributed by atoms with Gasteiger partial charge in [0, 0.05) is 6.54 Å². The van der Waals surface area contributed by atoms with Crippen molar-refractivity contribution in [2.24, 2.45) is 0 Å². The average Bonchev–Trinajstić information content (AvgIpc) is 2.75. The van der Waals surface area contributed by atoms with E-state index in [2.05, 4.69) is 17.2 Å². The van der Waals surface area contributed by atoms with Crippen LogP contribution in [0.3, 0.4) is 0 Å². The molecule has 6 heteroatoms. The van der Waals surface area contributed by atoms with Crippen molar-refractivity contribution in [2.45, 2.75) is 44.3 Å². The molecule has 29 heavy (non-hydrogen) atoms. The maximum absolute atomic E-state index is 13.1. The molecule has 5 nitrogen and oxygen atoms in total. The number of hydrogen-bond donors (Lipinski definition) is 1. The van der Waals surface area contributed by atoms with E-state index in [1.54, 1.807) is 10.6 Å². The molecule has 0 unspecified atom stereocenters. The van der Waals surface area contributed by atoms with E-state index < -0.39 is 0 Å². The number of nitrogens with one attached hydrogen (secondary N) is 1. The van der Waals surface area contributed by atoms with E-state index in [0.717, 1.165) is 18.4 Å². The van der Waals surface area contributed by atoms with Gasteiger partial charge in [0.2, 0.25) is 5.91 Å². The number of hydrogen-bond acceptors (Lipinski definition) is 4. The lowest BCUT2D eigenvalue weighted by atomic mass is 10.2. The Morgan fingerprint density at radius 1 is 1.03 bits per heavy atom. The van der Waals surface area contributed by atoms with E-state index in [1.165, 1.54) is 24.6 Å². The highest BCUT2D eigenvalue weighted by molar-refractivity contribution is 7.99. The number of carbonyl (C=O) groups is 1. The number of aromatic nitrogens is 2. The van der Waals surface area contributed by atoms with Gasteiger partial charge in [-0.3, -0.25) is 14.2 Å². The summed E-state index contributed by atoms with van der Waals surface area (Å²) in [6, 6.07) is 17.2. The van der Waals surface area contributed by atoms with Crippen molar-refractivity contribution in [3.05, 3.63) is 70.5 Å². The highest BCUT2D eigenvalue weighted by Gasteiger charge is 2.13. The normalized spacial score (nSPS) is 10.9. The summed E-state index contributed by atoms with van der Waals surface area (Å²) >= 11 is 1.31. The van der Waals surface area contributed by atoms with Gasteiger partial charge in [-0.2, -0.15) is 0 Å². The number of rotatable bonds is 10. The molecule has 0 spiro atoms. The number of amides is 1. The van der Waals surface area contributed by atoms with Crippen molar-refractivity contribution in [1.82, 2.24) is 14.9 Å². The maximum Gasteiger partial charge on any atom is 0.262 e. The first kappa shape index (κ1) is 21.1. The SMILES string of the molecule is CCCCCCNC(=O)CSc1nc2ccccc2c(=O)n1Cc1ccccc1. The smallest absolute Gasteiger partial charge is 0.262 e. The van der Waals surface area contributed by atoms with Crippen LogP contribution < -0.4 is 10.9 Å². The number of para-hydroxylation sites is 1. The van der Waals surface area contributed by atoms with Crippen LogP contribution in [0.1, 0.15) is 38.2 Å². The summed E-state index contributed by atoms with van der Waals surface area (Å²) in [7, 11) is 0. The zero-order chi connectivity index (χ0) is 20.5. The van der Waals surface area contributed by atoms with E-state index in [0.29, 0.717) is 29.1 Å². The van der Waals surface area contributed by atoms with E-state index in [9.17, 15) is 9.59 Å². The summed E-state index contributed by atoms with van der Waals surface area (Å²) in [5.74, 6) is 0.216. The van der Waals surface area contributed by atoms with Crippen LogP contribution in [0.5, 0.6) is 0 Å². The van der Waals surface area contributed by atoms with Gasteiger partial charge in [-0.25, -0.2) is 4.98 Å². The number of unbranched alkanes of at least 4 members (excludes halogenated alkanes) is 3. The van der Waals surface area contributed by atoms with Crippen LogP contribution in [0.25, 0.3) is 10.9 Å². The fraction of sp³-hybridized carbons (Fsp3) is 0.348. The van der Waals surface area contributed by atoms with E-state index in [1.807, 2.05) is 48.5 Å². The van der Waals surface area contributed by atoms with E-state index >= 15 is 0 Å². The standard InChI is InChI=1S/C23H27N3O2S/c1-2-3-4-10-15-24-21(27)17-29-23-25-20-14-9-8-13-19(20)22(28)26(23)16-18-11-6-5-7-12-18/h5-9,11-14H,2-4,10,15-17H2,1H3,(H,24,27). The summed E-state index contributed by atoms with van der Waals surface area (Å²) in [4.78, 5) is 30.0. The van der Waals surface area contributed by atoms with Crippen molar-refractivity contribution < 1.29 is 4.79 Å². The second-order valence-electron chi connectivity index (χ2n) is 6.99. The molecule has 0 saturated carbocycles. The van der Waals surface area contributed by atoms with Gasteiger partial charge in [-0.15, -0.1) is 0 Å². The average molecular weight is 410 g/mol. The predicted molar refractivity (Wildman–Crippen MR) is 119 cm³/mol. The molecule has 2 aromatic carbocycles. The van der Waals surface area contributed by atoms with Crippen LogP contribution >= 0.6 is 11.8 Å². The van der Waals surface area contributed by atoms with Gasteiger partial charge in [-0.05, 0) is 24.1 Å². The third kappa shape index (κ3) is 5.94. The molecule has 3 aromatic rings. The predicted octanol–water partition coefficient (Wildman–Crippen LogP) is 4.23. The van der Waals surface area contributed by atoms with Gasteiger partial charge in [-0.1, -0.05) is 80.4 Å². The molecule has 0 aliphatic carbocycles. The summed E-state index contributed by atoms with van der Waals surface area (Å²) in [5.41, 5.74) is 1.60.